The molecule has 6 heteroatoms. The number of rotatable bonds is 4. The first kappa shape index (κ1) is 18.6. The highest BCUT2D eigenvalue weighted by molar-refractivity contribution is 6.21. The van der Waals surface area contributed by atoms with Crippen molar-refractivity contribution < 1.29 is 18.9 Å². The van der Waals surface area contributed by atoms with Crippen LogP contribution in [0.1, 0.15) is 18.9 Å². The van der Waals surface area contributed by atoms with Crippen molar-refractivity contribution in [2.75, 3.05) is 36.0 Å². The molecule has 4 rings (SSSR count). The Labute approximate surface area is 164 Å². The molecule has 0 aliphatic carbocycles. The van der Waals surface area contributed by atoms with Crippen LogP contribution in [0.3, 0.4) is 0 Å². The van der Waals surface area contributed by atoms with Gasteiger partial charge in [0, 0.05) is 0 Å². The number of hydrogen-bond donors (Lipinski definition) is 1. The van der Waals surface area contributed by atoms with Crippen molar-refractivity contribution in [3.05, 3.63) is 59.9 Å². The van der Waals surface area contributed by atoms with Gasteiger partial charge in [0.2, 0.25) is 5.91 Å². The predicted molar refractivity (Wildman–Crippen MR) is 106 cm³/mol. The maximum absolute atomic E-state index is 14.0. The zero-order valence-electron chi connectivity index (χ0n) is 16.0. The van der Waals surface area contributed by atoms with Gasteiger partial charge >= 0.3 is 0 Å². The maximum Gasteiger partial charge on any atom is 0.292 e. The molecule has 1 N–H and O–H groups in total. The van der Waals surface area contributed by atoms with E-state index in [0.29, 0.717) is 37.6 Å². The molecule has 2 aromatic rings. The molecule has 2 aromatic carbocycles. The van der Waals surface area contributed by atoms with E-state index in [9.17, 15) is 14.0 Å². The molecule has 2 heterocycles. The number of hydrogen-bond acceptors (Lipinski definition) is 3. The molecule has 0 radical (unpaired) electrons. The van der Waals surface area contributed by atoms with Gasteiger partial charge in [0.1, 0.15) is 5.82 Å². The average Bonchev–Trinajstić information content (AvgIpc) is 3.03. The third-order valence-electron chi connectivity index (χ3n) is 5.84. The second-order valence-electron chi connectivity index (χ2n) is 7.44. The summed E-state index contributed by atoms with van der Waals surface area (Å²) in [6, 6.07) is 14.0. The van der Waals surface area contributed by atoms with Crippen LogP contribution >= 0.6 is 0 Å². The van der Waals surface area contributed by atoms with Gasteiger partial charge in [-0.25, -0.2) is 9.29 Å². The smallest absolute Gasteiger partial charge is 0.292 e. The van der Waals surface area contributed by atoms with Crippen LogP contribution < -0.4 is 14.7 Å². The highest BCUT2D eigenvalue weighted by Crippen LogP contribution is 2.23. The molecule has 2 aliphatic rings. The summed E-state index contributed by atoms with van der Waals surface area (Å²) < 4.78 is 14.0. The fourth-order valence-electron chi connectivity index (χ4n) is 4.19. The minimum Gasteiger partial charge on any atom is -0.358 e. The van der Waals surface area contributed by atoms with Gasteiger partial charge in [-0.15, -0.1) is 0 Å². The van der Waals surface area contributed by atoms with Crippen LogP contribution in [0.25, 0.3) is 0 Å². The summed E-state index contributed by atoms with van der Waals surface area (Å²) in [5, 5.41) is 0. The standard InChI is InChI=1S/C22H24FN3O2/c1-2-16-7-9-17(10-8-16)26-21(27)15-20(22(26)28)25-13-11-24(12-14-25)19-6-4-3-5-18(19)23/h3-10,20H,2,11-15H2,1H3/p+1/t20-/m0/s1. The Bertz CT molecular complexity index is 876. The Hall–Kier alpha value is -2.73. The first-order valence-corrected chi connectivity index (χ1v) is 9.88. The average molecular weight is 382 g/mol. The number of carbonyl (C=O) groups excluding carboxylic acids is 2. The largest absolute Gasteiger partial charge is 0.358 e. The normalized spacial score (nSPS) is 20.9. The SMILES string of the molecule is CCc1ccc(N2C(=O)C[C@H]([NH+]3CCN(c4ccccc4F)CC3)C2=O)cc1. The summed E-state index contributed by atoms with van der Waals surface area (Å²) in [5.41, 5.74) is 2.43. The van der Waals surface area contributed by atoms with Crippen molar-refractivity contribution in [1.29, 1.82) is 0 Å². The second-order valence-corrected chi connectivity index (χ2v) is 7.44. The quantitative estimate of drug-likeness (QED) is 0.814. The summed E-state index contributed by atoms with van der Waals surface area (Å²) in [4.78, 5) is 30.0. The lowest BCUT2D eigenvalue weighted by atomic mass is 10.1. The predicted octanol–water partition coefficient (Wildman–Crippen LogP) is 1.43. The molecule has 0 unspecified atom stereocenters. The highest BCUT2D eigenvalue weighted by atomic mass is 19.1. The number of quaternary nitrogens is 1. The molecule has 0 bridgehead atoms. The molecule has 2 aliphatic heterocycles. The summed E-state index contributed by atoms with van der Waals surface area (Å²) in [6.45, 7) is 4.82. The Balaban J connectivity index is 1.44. The Morgan fingerprint density at radius 3 is 2.36 bits per heavy atom. The van der Waals surface area contributed by atoms with Gasteiger partial charge in [0.05, 0.1) is 44.0 Å². The van der Waals surface area contributed by atoms with Gasteiger partial charge in [0.15, 0.2) is 6.04 Å². The molecule has 2 amide bonds. The van der Waals surface area contributed by atoms with E-state index in [1.54, 1.807) is 12.1 Å². The van der Waals surface area contributed by atoms with Crippen LogP contribution in [0.15, 0.2) is 48.5 Å². The third-order valence-corrected chi connectivity index (χ3v) is 5.84. The number of anilines is 2. The second kappa shape index (κ2) is 7.72. The van der Waals surface area contributed by atoms with E-state index in [1.165, 1.54) is 16.5 Å². The summed E-state index contributed by atoms with van der Waals surface area (Å²) in [5.74, 6) is -0.480. The van der Waals surface area contributed by atoms with E-state index in [4.69, 9.17) is 0 Å². The zero-order valence-corrected chi connectivity index (χ0v) is 16.0. The number of halogens is 1. The lowest BCUT2D eigenvalue weighted by molar-refractivity contribution is -0.915. The van der Waals surface area contributed by atoms with Crippen molar-refractivity contribution in [3.8, 4) is 0 Å². The topological polar surface area (TPSA) is 45.1 Å². The summed E-state index contributed by atoms with van der Waals surface area (Å²) in [7, 11) is 0. The molecule has 2 saturated heterocycles. The summed E-state index contributed by atoms with van der Waals surface area (Å²) in [6.07, 6.45) is 1.16. The van der Waals surface area contributed by atoms with E-state index in [-0.39, 0.29) is 30.1 Å². The van der Waals surface area contributed by atoms with E-state index in [2.05, 4.69) is 6.92 Å². The van der Waals surface area contributed by atoms with Crippen LogP contribution in [0.5, 0.6) is 0 Å². The van der Waals surface area contributed by atoms with E-state index < -0.39 is 0 Å². The van der Waals surface area contributed by atoms with E-state index >= 15 is 0 Å². The number of benzene rings is 2. The Morgan fingerprint density at radius 1 is 1.04 bits per heavy atom. The Kier molecular flexibility index (Phi) is 5.13. The fourth-order valence-corrected chi connectivity index (χ4v) is 4.19. The number of amides is 2. The molecule has 0 saturated carbocycles. The number of para-hydroxylation sites is 1. The van der Waals surface area contributed by atoms with Gasteiger partial charge < -0.3 is 9.80 Å². The van der Waals surface area contributed by atoms with Gasteiger partial charge in [-0.05, 0) is 36.2 Å². The first-order valence-electron chi connectivity index (χ1n) is 9.88. The summed E-state index contributed by atoms with van der Waals surface area (Å²) >= 11 is 0. The number of aryl methyl sites for hydroxylation is 1. The molecular formula is C22H25FN3O2+. The van der Waals surface area contributed by atoms with Crippen molar-refractivity contribution in [3.63, 3.8) is 0 Å². The monoisotopic (exact) mass is 382 g/mol. The maximum atomic E-state index is 14.0. The highest BCUT2D eigenvalue weighted by Gasteiger charge is 2.46. The first-order chi connectivity index (χ1) is 13.6. The Morgan fingerprint density at radius 2 is 1.71 bits per heavy atom. The van der Waals surface area contributed by atoms with Crippen molar-refractivity contribution >= 4 is 23.2 Å². The van der Waals surface area contributed by atoms with Crippen molar-refractivity contribution in [2.24, 2.45) is 0 Å². The number of nitrogens with one attached hydrogen (secondary N) is 1. The van der Waals surface area contributed by atoms with Crippen LogP contribution in [0.2, 0.25) is 0 Å². The molecule has 5 nitrogen and oxygen atoms in total. The number of nitrogens with zero attached hydrogens (tertiary/aromatic N) is 2. The van der Waals surface area contributed by atoms with Crippen LogP contribution in [0.4, 0.5) is 15.8 Å². The number of imide groups is 1. The number of carbonyl (C=O) groups is 2. The van der Waals surface area contributed by atoms with E-state index in [1.807, 2.05) is 35.2 Å². The molecule has 146 valence electrons. The molecule has 0 aromatic heterocycles. The van der Waals surface area contributed by atoms with Gasteiger partial charge in [-0.3, -0.25) is 9.59 Å². The van der Waals surface area contributed by atoms with Crippen LogP contribution in [-0.4, -0.2) is 44.0 Å². The molecular weight excluding hydrogens is 357 g/mol. The van der Waals surface area contributed by atoms with Gasteiger partial charge in [0.25, 0.3) is 5.91 Å². The molecule has 1 atom stereocenters. The lowest BCUT2D eigenvalue weighted by Gasteiger charge is -2.35. The van der Waals surface area contributed by atoms with Crippen molar-refractivity contribution in [2.45, 2.75) is 25.8 Å². The minimum absolute atomic E-state index is 0.122. The molecule has 28 heavy (non-hydrogen) atoms. The molecule has 2 fully saturated rings. The van der Waals surface area contributed by atoms with Gasteiger partial charge in [-0.2, -0.15) is 0 Å². The van der Waals surface area contributed by atoms with Crippen molar-refractivity contribution in [1.82, 2.24) is 0 Å². The van der Waals surface area contributed by atoms with Crippen LogP contribution in [-0.2, 0) is 16.0 Å². The lowest BCUT2D eigenvalue weighted by Crippen LogP contribution is -3.19. The third kappa shape index (κ3) is 3.40. The zero-order chi connectivity index (χ0) is 19.7. The van der Waals surface area contributed by atoms with E-state index in [0.717, 1.165) is 11.3 Å². The number of piperazine rings is 1. The van der Waals surface area contributed by atoms with Crippen LogP contribution in [0, 0.1) is 5.82 Å². The molecule has 0 spiro atoms. The van der Waals surface area contributed by atoms with Gasteiger partial charge in [-0.1, -0.05) is 31.2 Å². The minimum atomic E-state index is -0.346. The fraction of sp³-hybridized carbons (Fsp3) is 0.364.